The van der Waals surface area contributed by atoms with Gasteiger partial charge in [0, 0.05) is 54.4 Å². The molecule has 17 nitrogen and oxygen atoms in total. The lowest BCUT2D eigenvalue weighted by Gasteiger charge is -2.17. The molecule has 0 saturated heterocycles. The van der Waals surface area contributed by atoms with Crippen LogP contribution in [0.4, 0.5) is 5.69 Å². The Morgan fingerprint density at radius 2 is 0.974 bits per heavy atom. The van der Waals surface area contributed by atoms with E-state index in [1.807, 2.05) is 31.1 Å². The molecule has 0 aliphatic heterocycles. The number of ketones is 2. The van der Waals surface area contributed by atoms with Gasteiger partial charge in [0.25, 0.3) is 0 Å². The first-order chi connectivity index (χ1) is 36.7. The van der Waals surface area contributed by atoms with Crippen molar-refractivity contribution in [2.75, 3.05) is 45.4 Å². The zero-order chi connectivity index (χ0) is 56.6. The van der Waals surface area contributed by atoms with Crippen LogP contribution in [0.3, 0.4) is 0 Å². The van der Waals surface area contributed by atoms with Crippen LogP contribution in [0.15, 0.2) is 132 Å². The summed E-state index contributed by atoms with van der Waals surface area (Å²) in [7, 11) is 4.02. The lowest BCUT2D eigenvalue weighted by Crippen LogP contribution is -2.30. The maximum atomic E-state index is 11.9. The van der Waals surface area contributed by atoms with Crippen molar-refractivity contribution < 1.29 is 63.4 Å². The van der Waals surface area contributed by atoms with Gasteiger partial charge < -0.3 is 39.5 Å². The van der Waals surface area contributed by atoms with Gasteiger partial charge in [-0.3, -0.25) is 24.2 Å². The summed E-state index contributed by atoms with van der Waals surface area (Å²) in [5, 5.41) is 36.3. The van der Waals surface area contributed by atoms with E-state index >= 15 is 0 Å². The Bertz CT molecular complexity index is 2590. The third kappa shape index (κ3) is 25.1. The van der Waals surface area contributed by atoms with Gasteiger partial charge in [-0.2, -0.15) is 0 Å². The number of hydrogen-bond donors (Lipinski definition) is 4. The van der Waals surface area contributed by atoms with Gasteiger partial charge >= 0.3 is 11.9 Å². The Hall–Kier alpha value is -7.69. The van der Waals surface area contributed by atoms with Gasteiger partial charge in [-0.15, -0.1) is 0 Å². The summed E-state index contributed by atoms with van der Waals surface area (Å²) in [5.41, 5.74) is 0.713. The van der Waals surface area contributed by atoms with Crippen molar-refractivity contribution in [3.8, 4) is 11.5 Å². The molecule has 0 bridgehead atoms. The number of aromatic nitrogens is 1. The van der Waals surface area contributed by atoms with E-state index in [1.165, 1.54) is 146 Å². The SMILES string of the molecule is C(=NC1CCCCC1)=NC1CCCCC1.CC(C)(O)C(=O)c1ccc(OCCO)cc1.CC(C)(O)C(=O)c1ccc(OCCOC(=O)c2ccc(C=O)cc2)cc1.CN(C)c1ccncc1.O=Cc1ccc(C(=O)O)cc1. The fraction of sp³-hybridized carbons (Fsp3) is 0.400. The number of aromatic carboxylic acids is 1. The zero-order valence-corrected chi connectivity index (χ0v) is 45.0. The molecular formula is C60H74N4O13. The van der Waals surface area contributed by atoms with Gasteiger partial charge in [0.1, 0.15) is 55.1 Å². The minimum Gasteiger partial charge on any atom is -0.491 e. The van der Waals surface area contributed by atoms with Crippen molar-refractivity contribution >= 4 is 47.8 Å². The number of aliphatic hydroxyl groups is 3. The van der Waals surface area contributed by atoms with Gasteiger partial charge in [0.05, 0.1) is 35.8 Å². The maximum absolute atomic E-state index is 11.9. The molecular weight excluding hydrogens is 985 g/mol. The topological polar surface area (TPSA) is 252 Å². The minimum atomic E-state index is -1.43. The van der Waals surface area contributed by atoms with E-state index < -0.39 is 23.1 Å². The largest absolute Gasteiger partial charge is 0.491 e. The number of carboxylic acids is 1. The van der Waals surface area contributed by atoms with Gasteiger partial charge in [-0.1, -0.05) is 62.8 Å². The van der Waals surface area contributed by atoms with Gasteiger partial charge in [-0.25, -0.2) is 19.6 Å². The van der Waals surface area contributed by atoms with Crippen LogP contribution in [-0.2, 0) is 4.74 Å². The molecule has 7 rings (SSSR count). The first-order valence-electron chi connectivity index (χ1n) is 25.6. The highest BCUT2D eigenvalue weighted by Crippen LogP contribution is 2.22. The third-order valence-electron chi connectivity index (χ3n) is 11.7. The van der Waals surface area contributed by atoms with E-state index in [2.05, 4.69) is 21.0 Å². The molecule has 0 unspecified atom stereocenters. The monoisotopic (exact) mass is 1060 g/mol. The Morgan fingerprint density at radius 1 is 0.584 bits per heavy atom. The van der Waals surface area contributed by atoms with Crippen molar-refractivity contribution in [3.05, 3.63) is 155 Å². The van der Waals surface area contributed by atoms with Crippen LogP contribution in [-0.4, -0.2) is 131 Å². The van der Waals surface area contributed by atoms with Crippen molar-refractivity contribution in [1.29, 1.82) is 0 Å². The predicted octanol–water partition coefficient (Wildman–Crippen LogP) is 9.87. The molecule has 1 heterocycles. The number of aldehydes is 2. The molecule has 2 aliphatic rings. The molecule has 4 aromatic carbocycles. The molecule has 2 fully saturated rings. The highest BCUT2D eigenvalue weighted by atomic mass is 16.6. The number of rotatable bonds is 18. The van der Waals surface area contributed by atoms with E-state index in [9.17, 15) is 39.0 Å². The van der Waals surface area contributed by atoms with Gasteiger partial charge in [0.15, 0.2) is 11.6 Å². The van der Waals surface area contributed by atoms with Gasteiger partial charge in [0.2, 0.25) is 0 Å². The van der Waals surface area contributed by atoms with E-state index in [1.54, 1.807) is 60.9 Å². The molecule has 77 heavy (non-hydrogen) atoms. The summed E-state index contributed by atoms with van der Waals surface area (Å²) in [6.07, 6.45) is 18.1. The number of carbonyl (C=O) groups excluding carboxylic acids is 5. The van der Waals surface area contributed by atoms with Crippen molar-refractivity contribution in [2.24, 2.45) is 9.98 Å². The number of pyridine rings is 1. The van der Waals surface area contributed by atoms with Gasteiger partial charge in [-0.05, 0) is 138 Å². The summed E-state index contributed by atoms with van der Waals surface area (Å²) in [5.74, 6) is -1.09. The van der Waals surface area contributed by atoms with E-state index in [0.29, 0.717) is 64.0 Å². The molecule has 17 heteroatoms. The Kier molecular flexibility index (Phi) is 28.1. The Balaban J connectivity index is 0.000000266. The van der Waals surface area contributed by atoms with Crippen LogP contribution in [0.1, 0.15) is 154 Å². The zero-order valence-electron chi connectivity index (χ0n) is 45.0. The molecule has 2 saturated carbocycles. The molecule has 0 radical (unpaired) electrons. The average molecular weight is 1060 g/mol. The van der Waals surface area contributed by atoms with Crippen molar-refractivity contribution in [2.45, 2.75) is 115 Å². The molecule has 0 atom stereocenters. The van der Waals surface area contributed by atoms with Crippen LogP contribution in [0.25, 0.3) is 0 Å². The van der Waals surface area contributed by atoms with E-state index in [4.69, 9.17) is 24.4 Å². The fourth-order valence-corrected chi connectivity index (χ4v) is 7.31. The number of aliphatic imine (C=N–C) groups is 2. The van der Waals surface area contributed by atoms with Crippen LogP contribution in [0.2, 0.25) is 0 Å². The number of anilines is 1. The van der Waals surface area contributed by atoms with Crippen LogP contribution in [0, 0.1) is 0 Å². The first-order valence-corrected chi connectivity index (χ1v) is 25.6. The van der Waals surface area contributed by atoms with E-state index in [0.717, 1.165) is 0 Å². The number of benzene rings is 4. The Morgan fingerprint density at radius 3 is 1.32 bits per heavy atom. The van der Waals surface area contributed by atoms with Crippen molar-refractivity contribution in [3.63, 3.8) is 0 Å². The second kappa shape index (κ2) is 34.1. The number of ether oxygens (including phenoxy) is 3. The molecule has 412 valence electrons. The van der Waals surface area contributed by atoms with E-state index in [-0.39, 0.29) is 43.6 Å². The molecule has 1 aromatic heterocycles. The smallest absolute Gasteiger partial charge is 0.338 e. The quantitative estimate of drug-likeness (QED) is 0.0209. The minimum absolute atomic E-state index is 0.0512. The first kappa shape index (κ1) is 63.6. The summed E-state index contributed by atoms with van der Waals surface area (Å²) in [6.45, 7) is 6.14. The lowest BCUT2D eigenvalue weighted by atomic mass is 9.96. The van der Waals surface area contributed by atoms with Crippen LogP contribution in [0.5, 0.6) is 11.5 Å². The molecule has 0 amide bonds. The standard InChI is InChI=1S/C20H20O6.C13H22N2.C12H16O4.C8H6O3.C7H10N2/c1-20(2,24)18(22)15-7-9-17(10-8-15)25-11-12-26-19(23)16-5-3-14(13-21)4-6-16;1-3-7-12(8-4-1)14-11-15-13-9-5-2-6-10-13;1-12(2,15)11(14)9-3-5-10(6-4-9)16-8-7-13;9-5-6-1-3-7(4-2-6)8(10)11;1-9(2)7-3-5-8-6-4-7/h3-10,13,24H,11-12H2,1-2H3;12-13H,1-10H2;3-6,13,15H,7-8H2,1-2H3;1-5H,(H,10,11);3-6H,1-2H3. The molecule has 4 N–H and O–H groups in total. The Labute approximate surface area is 451 Å². The summed E-state index contributed by atoms with van der Waals surface area (Å²) >= 11 is 0. The second-order valence-electron chi connectivity index (χ2n) is 19.2. The third-order valence-corrected chi connectivity index (χ3v) is 11.7. The lowest BCUT2D eigenvalue weighted by molar-refractivity contribution is 0.0449. The summed E-state index contributed by atoms with van der Waals surface area (Å²) < 4.78 is 15.7. The summed E-state index contributed by atoms with van der Waals surface area (Å²) in [4.78, 5) is 81.3. The predicted molar refractivity (Wildman–Crippen MR) is 295 cm³/mol. The number of aliphatic hydroxyl groups excluding tert-OH is 1. The van der Waals surface area contributed by atoms with Crippen molar-refractivity contribution in [1.82, 2.24) is 4.98 Å². The number of esters is 1. The number of hydrogen-bond acceptors (Lipinski definition) is 16. The number of nitrogens with zero attached hydrogens (tertiary/aromatic N) is 4. The average Bonchev–Trinajstić information content (AvgIpc) is 3.44. The maximum Gasteiger partial charge on any atom is 0.338 e. The normalized spacial score (nSPS) is 13.2. The van der Waals surface area contributed by atoms with Crippen LogP contribution >= 0.6 is 0 Å². The number of Topliss-reactive ketones (excluding diaryl/α,β-unsaturated/α-hetero) is 2. The second-order valence-corrected chi connectivity index (χ2v) is 19.2. The highest BCUT2D eigenvalue weighted by Gasteiger charge is 2.26. The molecule has 0 spiro atoms. The molecule has 2 aliphatic carbocycles. The summed E-state index contributed by atoms with van der Waals surface area (Å²) in [6, 6.07) is 32.6. The molecule has 5 aromatic rings. The van der Waals surface area contributed by atoms with Crippen LogP contribution < -0.4 is 14.4 Å². The number of carbonyl (C=O) groups is 6. The number of carboxylic acid groups (broad SMARTS) is 1. The highest BCUT2D eigenvalue weighted by molar-refractivity contribution is 6.02. The fourth-order valence-electron chi connectivity index (χ4n) is 7.31.